The SMILES string of the molecule is Nc1ncnc2c1ncn2[C@@H]1O[C@](F)(CO)C(O)C1O. The molecule has 108 valence electrons. The highest BCUT2D eigenvalue weighted by molar-refractivity contribution is 5.81. The number of aliphatic hydroxyl groups excluding tert-OH is 3. The second-order valence-corrected chi connectivity index (χ2v) is 4.47. The third kappa shape index (κ3) is 1.66. The van der Waals surface area contributed by atoms with Gasteiger partial charge in [-0.1, -0.05) is 0 Å². The van der Waals surface area contributed by atoms with Gasteiger partial charge in [-0.3, -0.25) is 4.57 Å². The Morgan fingerprint density at radius 1 is 1.40 bits per heavy atom. The minimum atomic E-state index is -2.75. The Hall–Kier alpha value is -1.88. The van der Waals surface area contributed by atoms with Gasteiger partial charge in [-0.2, -0.15) is 0 Å². The summed E-state index contributed by atoms with van der Waals surface area (Å²) in [6, 6.07) is 0. The largest absolute Gasteiger partial charge is 0.390 e. The molecule has 3 rings (SSSR count). The lowest BCUT2D eigenvalue weighted by molar-refractivity contribution is -0.206. The fourth-order valence-electron chi connectivity index (χ4n) is 2.16. The molecule has 0 amide bonds. The van der Waals surface area contributed by atoms with Crippen molar-refractivity contribution in [2.45, 2.75) is 24.3 Å². The number of halogens is 1. The molecule has 3 heterocycles. The molecule has 2 aromatic rings. The predicted octanol–water partition coefficient (Wildman–Crippen LogP) is -1.68. The van der Waals surface area contributed by atoms with Gasteiger partial charge in [-0.15, -0.1) is 0 Å². The monoisotopic (exact) mass is 285 g/mol. The zero-order chi connectivity index (χ0) is 14.5. The van der Waals surface area contributed by atoms with Crippen LogP contribution in [0.1, 0.15) is 6.23 Å². The number of hydrogen-bond donors (Lipinski definition) is 4. The molecule has 2 unspecified atom stereocenters. The van der Waals surface area contributed by atoms with Gasteiger partial charge in [0.1, 0.15) is 30.7 Å². The van der Waals surface area contributed by atoms with Crippen molar-refractivity contribution in [3.63, 3.8) is 0 Å². The molecule has 0 saturated carbocycles. The van der Waals surface area contributed by atoms with Crippen LogP contribution in [0, 0.1) is 0 Å². The summed E-state index contributed by atoms with van der Waals surface area (Å²) in [5.41, 5.74) is 6.10. The first kappa shape index (κ1) is 13.1. The molecule has 0 spiro atoms. The lowest BCUT2D eigenvalue weighted by Crippen LogP contribution is -2.42. The fraction of sp³-hybridized carbons (Fsp3) is 0.500. The third-order valence-corrected chi connectivity index (χ3v) is 3.25. The number of alkyl halides is 1. The molecule has 0 bridgehead atoms. The maximum absolute atomic E-state index is 14.0. The highest BCUT2D eigenvalue weighted by Gasteiger charge is 2.55. The van der Waals surface area contributed by atoms with Crippen molar-refractivity contribution >= 4 is 17.0 Å². The van der Waals surface area contributed by atoms with Gasteiger partial charge in [-0.25, -0.2) is 19.3 Å². The van der Waals surface area contributed by atoms with E-state index >= 15 is 0 Å². The molecule has 1 fully saturated rings. The lowest BCUT2D eigenvalue weighted by atomic mass is 10.1. The number of anilines is 1. The first-order valence-corrected chi connectivity index (χ1v) is 5.74. The molecule has 5 N–H and O–H groups in total. The summed E-state index contributed by atoms with van der Waals surface area (Å²) in [6.45, 7) is -1.09. The van der Waals surface area contributed by atoms with Gasteiger partial charge in [0.2, 0.25) is 0 Å². The average Bonchev–Trinajstić information content (AvgIpc) is 2.96. The van der Waals surface area contributed by atoms with Crippen LogP contribution in [0.25, 0.3) is 11.2 Å². The van der Waals surface area contributed by atoms with Gasteiger partial charge in [0.25, 0.3) is 5.85 Å². The molecule has 0 aliphatic carbocycles. The van der Waals surface area contributed by atoms with E-state index in [1.54, 1.807) is 0 Å². The smallest absolute Gasteiger partial charge is 0.263 e. The topological polar surface area (TPSA) is 140 Å². The zero-order valence-electron chi connectivity index (χ0n) is 10.1. The van der Waals surface area contributed by atoms with E-state index in [1.807, 2.05) is 0 Å². The Morgan fingerprint density at radius 2 is 2.15 bits per heavy atom. The second kappa shape index (κ2) is 4.31. The Balaban J connectivity index is 2.06. The average molecular weight is 285 g/mol. The minimum absolute atomic E-state index is 0.121. The number of imidazole rings is 1. The summed E-state index contributed by atoms with van der Waals surface area (Å²) in [4.78, 5) is 11.6. The molecule has 1 aliphatic heterocycles. The number of aliphatic hydroxyl groups is 3. The van der Waals surface area contributed by atoms with Crippen LogP contribution in [0.5, 0.6) is 0 Å². The van der Waals surface area contributed by atoms with Gasteiger partial charge in [0.05, 0.1) is 6.33 Å². The van der Waals surface area contributed by atoms with Crippen LogP contribution in [-0.4, -0.2) is 59.5 Å². The summed E-state index contributed by atoms with van der Waals surface area (Å²) in [7, 11) is 0. The standard InChI is InChI=1S/C10H12FN5O4/c11-10(1-17)6(19)5(18)9(20-10)16-3-15-4-7(12)13-2-14-8(4)16/h2-3,5-6,9,17-19H,1H2,(H2,12,13,14)/t5?,6?,9-,10-/m1/s1. The third-order valence-electron chi connectivity index (χ3n) is 3.25. The summed E-state index contributed by atoms with van der Waals surface area (Å²) in [5.74, 6) is -2.63. The van der Waals surface area contributed by atoms with E-state index in [2.05, 4.69) is 15.0 Å². The summed E-state index contributed by atoms with van der Waals surface area (Å²) >= 11 is 0. The van der Waals surface area contributed by atoms with Gasteiger partial charge in [0, 0.05) is 0 Å². The minimum Gasteiger partial charge on any atom is -0.390 e. The number of fused-ring (bicyclic) bond motifs is 1. The Morgan fingerprint density at radius 3 is 2.80 bits per heavy atom. The normalized spacial score (nSPS) is 33.9. The molecule has 9 nitrogen and oxygen atoms in total. The number of ether oxygens (including phenoxy) is 1. The maximum atomic E-state index is 14.0. The second-order valence-electron chi connectivity index (χ2n) is 4.47. The van der Waals surface area contributed by atoms with Crippen molar-refractivity contribution in [1.29, 1.82) is 0 Å². The van der Waals surface area contributed by atoms with Gasteiger partial charge < -0.3 is 25.8 Å². The van der Waals surface area contributed by atoms with Crippen LogP contribution in [0.2, 0.25) is 0 Å². The van der Waals surface area contributed by atoms with Crippen molar-refractivity contribution in [3.8, 4) is 0 Å². The number of rotatable bonds is 2. The van der Waals surface area contributed by atoms with E-state index in [0.717, 1.165) is 0 Å². The van der Waals surface area contributed by atoms with Crippen LogP contribution in [-0.2, 0) is 4.74 Å². The highest BCUT2D eigenvalue weighted by Crippen LogP contribution is 2.39. The molecule has 0 radical (unpaired) electrons. The van der Waals surface area contributed by atoms with E-state index < -0.39 is 30.9 Å². The Labute approximate surface area is 111 Å². The highest BCUT2D eigenvalue weighted by atomic mass is 19.2. The van der Waals surface area contributed by atoms with Crippen molar-refractivity contribution < 1.29 is 24.4 Å². The van der Waals surface area contributed by atoms with Crippen molar-refractivity contribution in [3.05, 3.63) is 12.7 Å². The van der Waals surface area contributed by atoms with Crippen LogP contribution >= 0.6 is 0 Å². The van der Waals surface area contributed by atoms with E-state index in [0.29, 0.717) is 0 Å². The Bertz CT molecular complexity index is 652. The van der Waals surface area contributed by atoms with Crippen LogP contribution in [0.15, 0.2) is 12.7 Å². The number of aromatic nitrogens is 4. The number of nitrogen functional groups attached to an aromatic ring is 1. The Kier molecular flexibility index (Phi) is 2.83. The van der Waals surface area contributed by atoms with Crippen LogP contribution in [0.3, 0.4) is 0 Å². The molecular formula is C10H12FN5O4. The van der Waals surface area contributed by atoms with Crippen molar-refractivity contribution in [1.82, 2.24) is 19.5 Å². The summed E-state index contributed by atoms with van der Waals surface area (Å²) in [6.07, 6.45) is -2.36. The molecular weight excluding hydrogens is 273 g/mol. The fourth-order valence-corrected chi connectivity index (χ4v) is 2.16. The number of hydrogen-bond acceptors (Lipinski definition) is 8. The molecule has 4 atom stereocenters. The first-order chi connectivity index (χ1) is 9.48. The van der Waals surface area contributed by atoms with Gasteiger partial charge in [-0.05, 0) is 0 Å². The van der Waals surface area contributed by atoms with Crippen molar-refractivity contribution in [2.24, 2.45) is 0 Å². The molecule has 1 saturated heterocycles. The van der Waals surface area contributed by atoms with Crippen LogP contribution < -0.4 is 5.73 Å². The van der Waals surface area contributed by atoms with Gasteiger partial charge in [0.15, 0.2) is 17.7 Å². The van der Waals surface area contributed by atoms with Crippen molar-refractivity contribution in [2.75, 3.05) is 12.3 Å². The molecule has 20 heavy (non-hydrogen) atoms. The first-order valence-electron chi connectivity index (χ1n) is 5.74. The number of nitrogens with zero attached hydrogens (tertiary/aromatic N) is 4. The molecule has 2 aromatic heterocycles. The van der Waals surface area contributed by atoms with E-state index in [1.165, 1.54) is 17.2 Å². The maximum Gasteiger partial charge on any atom is 0.263 e. The van der Waals surface area contributed by atoms with E-state index in [-0.39, 0.29) is 17.0 Å². The molecule has 0 aromatic carbocycles. The predicted molar refractivity (Wildman–Crippen MR) is 62.8 cm³/mol. The lowest BCUT2D eigenvalue weighted by Gasteiger charge is -2.19. The van der Waals surface area contributed by atoms with E-state index in [9.17, 15) is 14.6 Å². The summed E-state index contributed by atoms with van der Waals surface area (Å²) in [5, 5.41) is 28.4. The number of nitrogens with two attached hydrogens (primary N) is 1. The van der Waals surface area contributed by atoms with Gasteiger partial charge >= 0.3 is 0 Å². The van der Waals surface area contributed by atoms with E-state index in [4.69, 9.17) is 15.6 Å². The van der Waals surface area contributed by atoms with Crippen LogP contribution in [0.4, 0.5) is 10.2 Å². The summed E-state index contributed by atoms with van der Waals surface area (Å²) < 4.78 is 20.2. The zero-order valence-corrected chi connectivity index (χ0v) is 10.1. The quantitative estimate of drug-likeness (QED) is 0.513. The molecule has 10 heteroatoms. The molecule has 1 aliphatic rings.